The zero-order valence-electron chi connectivity index (χ0n) is 29.9. The van der Waals surface area contributed by atoms with E-state index in [1.807, 2.05) is 60.7 Å². The van der Waals surface area contributed by atoms with Crippen LogP contribution in [0.2, 0.25) is 0 Å². The Morgan fingerprint density at radius 3 is 1.94 bits per heavy atom. The number of anilines is 2. The van der Waals surface area contributed by atoms with Crippen molar-refractivity contribution in [1.82, 2.24) is 13.7 Å². The zero-order chi connectivity index (χ0) is 34.9. The molecule has 4 heterocycles. The SMILES string of the molecule is CCN1C(=CC=Cc2n(CC)c3cc4c(ccn4C)cc3[n+]2CCOc2ccccc2)N(CCOc2ccccc2)c2cc3ccn(C)c3cc21. The Kier molecular flexibility index (Phi) is 8.74. The molecule has 0 atom stereocenters. The Morgan fingerprint density at radius 2 is 1.27 bits per heavy atom. The van der Waals surface area contributed by atoms with Gasteiger partial charge in [0.25, 0.3) is 5.82 Å². The van der Waals surface area contributed by atoms with Gasteiger partial charge >= 0.3 is 0 Å². The predicted molar refractivity (Wildman–Crippen MR) is 209 cm³/mol. The summed E-state index contributed by atoms with van der Waals surface area (Å²) in [5.74, 6) is 4.04. The van der Waals surface area contributed by atoms with Gasteiger partial charge in [-0.15, -0.1) is 0 Å². The summed E-state index contributed by atoms with van der Waals surface area (Å²) in [6.45, 7) is 8.70. The van der Waals surface area contributed by atoms with Gasteiger partial charge in [0.05, 0.1) is 30.0 Å². The summed E-state index contributed by atoms with van der Waals surface area (Å²) in [6.07, 6.45) is 11.0. The number of aryl methyl sites for hydroxylation is 3. The van der Waals surface area contributed by atoms with Gasteiger partial charge in [-0.3, -0.25) is 0 Å². The fourth-order valence-electron chi connectivity index (χ4n) is 7.49. The van der Waals surface area contributed by atoms with Crippen LogP contribution in [-0.2, 0) is 27.2 Å². The first-order valence-electron chi connectivity index (χ1n) is 17.9. The number of benzene rings is 4. The normalized spacial score (nSPS) is 13.8. The summed E-state index contributed by atoms with van der Waals surface area (Å²) in [4.78, 5) is 4.82. The predicted octanol–water partition coefficient (Wildman–Crippen LogP) is 8.29. The van der Waals surface area contributed by atoms with E-state index in [9.17, 15) is 0 Å². The van der Waals surface area contributed by atoms with E-state index in [4.69, 9.17) is 9.47 Å². The number of ether oxygens (including phenoxy) is 2. The maximum absolute atomic E-state index is 6.22. The smallest absolute Gasteiger partial charge is 0.282 e. The molecule has 51 heavy (non-hydrogen) atoms. The molecule has 0 saturated carbocycles. The van der Waals surface area contributed by atoms with Crippen LogP contribution >= 0.6 is 0 Å². The van der Waals surface area contributed by atoms with E-state index < -0.39 is 0 Å². The largest absolute Gasteiger partial charge is 0.492 e. The molecule has 1 aliphatic heterocycles. The summed E-state index contributed by atoms with van der Waals surface area (Å²) < 4.78 is 21.7. The molecular weight excluding hydrogens is 633 g/mol. The minimum absolute atomic E-state index is 0.563. The second-order valence-corrected chi connectivity index (χ2v) is 13.0. The molecule has 0 aliphatic carbocycles. The number of hydrogen-bond donors (Lipinski definition) is 0. The van der Waals surface area contributed by atoms with Crippen molar-refractivity contribution in [2.24, 2.45) is 14.1 Å². The average Bonchev–Trinajstić information content (AvgIpc) is 3.88. The van der Waals surface area contributed by atoms with Crippen molar-refractivity contribution in [3.63, 3.8) is 0 Å². The Hall–Kier alpha value is -5.89. The summed E-state index contributed by atoms with van der Waals surface area (Å²) in [7, 11) is 4.22. The molecule has 0 fully saturated rings. The lowest BCUT2D eigenvalue weighted by Gasteiger charge is -2.24. The van der Waals surface area contributed by atoms with Crippen molar-refractivity contribution in [2.45, 2.75) is 26.9 Å². The Morgan fingerprint density at radius 1 is 0.647 bits per heavy atom. The van der Waals surface area contributed by atoms with E-state index in [2.05, 4.69) is 123 Å². The molecule has 8 nitrogen and oxygen atoms in total. The molecule has 8 heteroatoms. The highest BCUT2D eigenvalue weighted by molar-refractivity contribution is 5.96. The molecular formula is C43H45N6O2+. The van der Waals surface area contributed by atoms with Gasteiger partial charge in [0.15, 0.2) is 11.0 Å². The Balaban J connectivity index is 1.18. The molecule has 0 bridgehead atoms. The highest BCUT2D eigenvalue weighted by Crippen LogP contribution is 2.44. The maximum Gasteiger partial charge on any atom is 0.282 e. The maximum atomic E-state index is 6.22. The van der Waals surface area contributed by atoms with Gasteiger partial charge in [0, 0.05) is 61.5 Å². The fourth-order valence-corrected chi connectivity index (χ4v) is 7.49. The number of imidazole rings is 1. The number of nitrogens with zero attached hydrogens (tertiary/aromatic N) is 6. The van der Waals surface area contributed by atoms with Crippen LogP contribution < -0.4 is 23.8 Å². The number of allylic oxidation sites excluding steroid dienone is 2. The molecule has 7 aromatic rings. The fraction of sp³-hybridized carbons (Fsp3) is 0.233. The monoisotopic (exact) mass is 677 g/mol. The lowest BCUT2D eigenvalue weighted by Crippen LogP contribution is -2.39. The third-order valence-corrected chi connectivity index (χ3v) is 10.0. The molecule has 0 saturated heterocycles. The van der Waals surface area contributed by atoms with Crippen molar-refractivity contribution in [3.8, 4) is 11.5 Å². The van der Waals surface area contributed by atoms with E-state index in [-0.39, 0.29) is 0 Å². The highest BCUT2D eigenvalue weighted by atomic mass is 16.5. The zero-order valence-corrected chi connectivity index (χ0v) is 29.9. The minimum atomic E-state index is 0.563. The molecule has 8 rings (SSSR count). The van der Waals surface area contributed by atoms with Crippen molar-refractivity contribution < 1.29 is 14.0 Å². The van der Waals surface area contributed by atoms with Crippen LogP contribution in [0.25, 0.3) is 38.9 Å². The first kappa shape index (κ1) is 32.3. The van der Waals surface area contributed by atoms with Crippen LogP contribution in [0.1, 0.15) is 19.7 Å². The molecule has 1 aliphatic rings. The summed E-state index contributed by atoms with van der Waals surface area (Å²) in [6, 6.07) is 33.8. The van der Waals surface area contributed by atoms with Crippen LogP contribution in [0.5, 0.6) is 11.5 Å². The summed E-state index contributed by atoms with van der Waals surface area (Å²) in [5.41, 5.74) is 7.29. The molecule has 3 aromatic heterocycles. The van der Waals surface area contributed by atoms with Crippen LogP contribution in [-0.4, -0.2) is 40.0 Å². The van der Waals surface area contributed by atoms with E-state index in [1.165, 1.54) is 44.2 Å². The minimum Gasteiger partial charge on any atom is -0.492 e. The van der Waals surface area contributed by atoms with Gasteiger partial charge < -0.3 is 28.4 Å². The van der Waals surface area contributed by atoms with E-state index in [0.717, 1.165) is 49.3 Å². The number of aromatic nitrogens is 4. The van der Waals surface area contributed by atoms with Gasteiger partial charge in [0.2, 0.25) is 0 Å². The molecule has 0 amide bonds. The Bertz CT molecular complexity index is 2380. The van der Waals surface area contributed by atoms with Gasteiger partial charge in [-0.05, 0) is 74.5 Å². The molecule has 0 radical (unpaired) electrons. The van der Waals surface area contributed by atoms with Crippen LogP contribution in [0, 0.1) is 0 Å². The number of hydrogen-bond acceptors (Lipinski definition) is 4. The first-order chi connectivity index (χ1) is 25.0. The van der Waals surface area contributed by atoms with Gasteiger partial charge in [-0.2, -0.15) is 0 Å². The number of fused-ring (bicyclic) bond motifs is 4. The quantitative estimate of drug-likeness (QED) is 0.122. The lowest BCUT2D eigenvalue weighted by atomic mass is 10.2. The third-order valence-electron chi connectivity index (χ3n) is 10.0. The Labute approximate surface area is 299 Å². The van der Waals surface area contributed by atoms with Crippen molar-refractivity contribution in [2.75, 3.05) is 36.1 Å². The standard InChI is InChI=1S/C43H45N6O2/c1-5-46-40-30-36-32(20-22-44(36)3)28-38(40)48(24-26-50-34-14-9-7-10-15-34)42(46)18-13-19-43-47(6-2)41-31-37-33(21-23-45(37)4)29-39(41)49(43)25-27-51-35-16-11-8-12-17-35/h7-23,28-31H,5-6,24-27H2,1-4H3/q+1. The molecule has 0 spiro atoms. The van der Waals surface area contributed by atoms with E-state index in [1.54, 1.807) is 0 Å². The first-order valence-corrected chi connectivity index (χ1v) is 17.9. The number of rotatable bonds is 12. The second kappa shape index (κ2) is 13.8. The van der Waals surface area contributed by atoms with Crippen molar-refractivity contribution in [3.05, 3.63) is 133 Å². The van der Waals surface area contributed by atoms with E-state index >= 15 is 0 Å². The van der Waals surface area contributed by atoms with Crippen LogP contribution in [0.4, 0.5) is 11.4 Å². The van der Waals surface area contributed by atoms with Crippen LogP contribution in [0.3, 0.4) is 0 Å². The molecule has 0 N–H and O–H groups in total. The topological polar surface area (TPSA) is 43.6 Å². The van der Waals surface area contributed by atoms with Crippen LogP contribution in [0.15, 0.2) is 127 Å². The molecule has 258 valence electrons. The lowest BCUT2D eigenvalue weighted by molar-refractivity contribution is -0.674. The van der Waals surface area contributed by atoms with E-state index in [0.29, 0.717) is 13.2 Å². The molecule has 0 unspecified atom stereocenters. The number of para-hydroxylation sites is 2. The molecule has 4 aromatic carbocycles. The summed E-state index contributed by atoms with van der Waals surface area (Å²) in [5, 5.41) is 2.47. The average molecular weight is 678 g/mol. The second-order valence-electron chi connectivity index (χ2n) is 13.0. The highest BCUT2D eigenvalue weighted by Gasteiger charge is 2.31. The van der Waals surface area contributed by atoms with Gasteiger partial charge in [-0.25, -0.2) is 9.13 Å². The van der Waals surface area contributed by atoms with Gasteiger partial charge in [0.1, 0.15) is 37.1 Å². The van der Waals surface area contributed by atoms with Gasteiger partial charge in [-0.1, -0.05) is 42.5 Å². The summed E-state index contributed by atoms with van der Waals surface area (Å²) >= 11 is 0. The third kappa shape index (κ3) is 6.01. The van der Waals surface area contributed by atoms with Crippen molar-refractivity contribution >= 4 is 50.3 Å². The van der Waals surface area contributed by atoms with Crippen molar-refractivity contribution in [1.29, 1.82) is 0 Å².